The molecule has 0 aliphatic carbocycles. The van der Waals surface area contributed by atoms with Gasteiger partial charge in [-0.25, -0.2) is 4.98 Å². The maximum absolute atomic E-state index is 5.53. The Morgan fingerprint density at radius 1 is 1.09 bits per heavy atom. The smallest absolute Gasteiger partial charge is 0.229 e. The first-order chi connectivity index (χ1) is 17.0. The maximum Gasteiger partial charge on any atom is 0.229 e. The second-order valence-electron chi connectivity index (χ2n) is 9.41. The summed E-state index contributed by atoms with van der Waals surface area (Å²) in [6.07, 6.45) is 5.71. The summed E-state index contributed by atoms with van der Waals surface area (Å²) < 4.78 is 9.61. The number of morpholine rings is 1. The zero-order valence-electron chi connectivity index (χ0n) is 20.8. The molecule has 1 aliphatic rings. The fraction of sp³-hybridized carbons (Fsp3) is 0.440. The van der Waals surface area contributed by atoms with Crippen LogP contribution in [0.1, 0.15) is 31.5 Å². The lowest BCUT2D eigenvalue weighted by Gasteiger charge is -2.27. The van der Waals surface area contributed by atoms with Crippen molar-refractivity contribution in [2.45, 2.75) is 25.9 Å². The van der Waals surface area contributed by atoms with Gasteiger partial charge >= 0.3 is 0 Å². The first-order valence-corrected chi connectivity index (χ1v) is 12.1. The second-order valence-corrected chi connectivity index (χ2v) is 9.41. The molecule has 184 valence electrons. The van der Waals surface area contributed by atoms with E-state index in [1.807, 2.05) is 29.5 Å². The van der Waals surface area contributed by atoms with Gasteiger partial charge in [-0.15, -0.1) is 0 Å². The van der Waals surface area contributed by atoms with Gasteiger partial charge in [-0.05, 0) is 33.5 Å². The van der Waals surface area contributed by atoms with E-state index >= 15 is 0 Å². The largest absolute Gasteiger partial charge is 0.378 e. The van der Waals surface area contributed by atoms with Gasteiger partial charge in [0.2, 0.25) is 5.95 Å². The molecule has 5 rings (SSSR count). The van der Waals surface area contributed by atoms with Crippen LogP contribution in [0.4, 0.5) is 17.5 Å². The summed E-state index contributed by atoms with van der Waals surface area (Å²) >= 11 is 0. The van der Waals surface area contributed by atoms with Crippen LogP contribution in [0.5, 0.6) is 0 Å². The van der Waals surface area contributed by atoms with E-state index in [0.29, 0.717) is 25.0 Å². The minimum Gasteiger partial charge on any atom is -0.378 e. The van der Waals surface area contributed by atoms with Gasteiger partial charge in [0.15, 0.2) is 17.0 Å². The number of hydrogen-bond acceptors (Lipinski definition) is 8. The predicted octanol–water partition coefficient (Wildman–Crippen LogP) is 3.33. The van der Waals surface area contributed by atoms with Gasteiger partial charge in [0, 0.05) is 31.9 Å². The quantitative estimate of drug-likeness (QED) is 0.415. The topological polar surface area (TPSA) is 89.2 Å². The van der Waals surface area contributed by atoms with E-state index in [4.69, 9.17) is 19.8 Å². The second kappa shape index (κ2) is 10.0. The summed E-state index contributed by atoms with van der Waals surface area (Å²) in [5.74, 6) is 1.37. The normalized spacial score (nSPS) is 15.3. The number of fused-ring (bicyclic) bond motifs is 1. The fourth-order valence-electron chi connectivity index (χ4n) is 4.35. The summed E-state index contributed by atoms with van der Waals surface area (Å²) in [5, 5.41) is 8.18. The summed E-state index contributed by atoms with van der Waals surface area (Å²) in [6, 6.07) is 10.8. The summed E-state index contributed by atoms with van der Waals surface area (Å²) in [5.41, 5.74) is 3.64. The predicted molar refractivity (Wildman–Crippen MR) is 137 cm³/mol. The van der Waals surface area contributed by atoms with Crippen molar-refractivity contribution in [3.05, 3.63) is 54.6 Å². The van der Waals surface area contributed by atoms with Crippen molar-refractivity contribution in [1.29, 1.82) is 0 Å². The number of anilines is 3. The van der Waals surface area contributed by atoms with Gasteiger partial charge in [0.05, 0.1) is 37.5 Å². The number of benzene rings is 1. The average Bonchev–Trinajstić information content (AvgIpc) is 3.51. The molecular weight excluding hydrogens is 442 g/mol. The molecule has 3 aromatic heterocycles. The molecule has 0 radical (unpaired) electrons. The Kier molecular flexibility index (Phi) is 6.65. The van der Waals surface area contributed by atoms with E-state index in [1.54, 1.807) is 0 Å². The third kappa shape index (κ3) is 4.98. The van der Waals surface area contributed by atoms with Crippen molar-refractivity contribution in [2.75, 3.05) is 57.2 Å². The van der Waals surface area contributed by atoms with Crippen molar-refractivity contribution in [1.82, 2.24) is 34.2 Å². The van der Waals surface area contributed by atoms with E-state index in [1.165, 1.54) is 5.56 Å². The summed E-state index contributed by atoms with van der Waals surface area (Å²) in [7, 11) is 4.16. The number of ether oxygens (including phenoxy) is 1. The molecule has 1 saturated heterocycles. The molecule has 1 aliphatic heterocycles. The van der Waals surface area contributed by atoms with Crippen LogP contribution in [0, 0.1) is 0 Å². The van der Waals surface area contributed by atoms with E-state index in [2.05, 4.69) is 76.9 Å². The molecule has 1 N–H and O–H groups in total. The zero-order valence-corrected chi connectivity index (χ0v) is 20.8. The third-order valence-corrected chi connectivity index (χ3v) is 6.17. The fourth-order valence-corrected chi connectivity index (χ4v) is 4.35. The lowest BCUT2D eigenvalue weighted by Crippen LogP contribution is -2.37. The molecule has 10 nitrogen and oxygen atoms in total. The Hall–Kier alpha value is -3.50. The summed E-state index contributed by atoms with van der Waals surface area (Å²) in [4.78, 5) is 18.7. The lowest BCUT2D eigenvalue weighted by atomic mass is 10.1. The van der Waals surface area contributed by atoms with Crippen LogP contribution in [0.2, 0.25) is 0 Å². The number of nitrogens with one attached hydrogen (secondary N) is 1. The van der Waals surface area contributed by atoms with Gasteiger partial charge in [-0.1, -0.05) is 30.3 Å². The molecule has 0 saturated carbocycles. The number of rotatable bonds is 8. The van der Waals surface area contributed by atoms with Crippen LogP contribution in [0.3, 0.4) is 0 Å². The molecule has 35 heavy (non-hydrogen) atoms. The first-order valence-electron chi connectivity index (χ1n) is 12.1. The molecule has 1 fully saturated rings. The Morgan fingerprint density at radius 3 is 2.57 bits per heavy atom. The van der Waals surface area contributed by atoms with Gasteiger partial charge in [0.1, 0.15) is 0 Å². The molecule has 4 aromatic rings. The molecule has 0 spiro atoms. The van der Waals surface area contributed by atoms with Crippen LogP contribution < -0.4 is 10.2 Å². The SMILES string of the molecule is CC(C)n1cnc2c(Nc3cnn([C@H](CN(C)C)c4ccccc4)c3)nc(N3CCOCC3)nc21. The number of imidazole rings is 1. The first kappa shape index (κ1) is 23.3. The molecule has 0 bridgehead atoms. The molecule has 1 atom stereocenters. The highest BCUT2D eigenvalue weighted by Crippen LogP contribution is 2.28. The van der Waals surface area contributed by atoms with E-state index in [-0.39, 0.29) is 12.1 Å². The van der Waals surface area contributed by atoms with Crippen LogP contribution >= 0.6 is 0 Å². The monoisotopic (exact) mass is 475 g/mol. The van der Waals surface area contributed by atoms with Crippen molar-refractivity contribution in [3.63, 3.8) is 0 Å². The van der Waals surface area contributed by atoms with Crippen LogP contribution in [0.25, 0.3) is 11.2 Å². The highest BCUT2D eigenvalue weighted by atomic mass is 16.5. The molecule has 0 unspecified atom stereocenters. The van der Waals surface area contributed by atoms with Gasteiger partial charge in [0.25, 0.3) is 0 Å². The van der Waals surface area contributed by atoms with Gasteiger partial charge < -0.3 is 24.4 Å². The molecule has 4 heterocycles. The highest BCUT2D eigenvalue weighted by Gasteiger charge is 2.21. The van der Waals surface area contributed by atoms with Crippen LogP contribution in [-0.4, -0.2) is 81.1 Å². The number of likely N-dealkylation sites (N-methyl/N-ethyl adjacent to an activating group) is 1. The Labute approximate surface area is 205 Å². The van der Waals surface area contributed by atoms with Crippen molar-refractivity contribution >= 4 is 28.6 Å². The van der Waals surface area contributed by atoms with Crippen molar-refractivity contribution in [2.24, 2.45) is 0 Å². The number of aromatic nitrogens is 6. The van der Waals surface area contributed by atoms with Crippen molar-refractivity contribution in [3.8, 4) is 0 Å². The zero-order chi connectivity index (χ0) is 24.4. The molecule has 1 aromatic carbocycles. The Morgan fingerprint density at radius 2 is 1.86 bits per heavy atom. The lowest BCUT2D eigenvalue weighted by molar-refractivity contribution is 0.122. The van der Waals surface area contributed by atoms with Crippen molar-refractivity contribution < 1.29 is 4.74 Å². The van der Waals surface area contributed by atoms with E-state index in [9.17, 15) is 0 Å². The minimum atomic E-state index is 0.0937. The van der Waals surface area contributed by atoms with E-state index < -0.39 is 0 Å². The maximum atomic E-state index is 5.53. The van der Waals surface area contributed by atoms with Gasteiger partial charge in [-0.2, -0.15) is 15.1 Å². The average molecular weight is 476 g/mol. The highest BCUT2D eigenvalue weighted by molar-refractivity contribution is 5.86. The molecular formula is C25H33N9O. The van der Waals surface area contributed by atoms with E-state index in [0.717, 1.165) is 36.5 Å². The van der Waals surface area contributed by atoms with Gasteiger partial charge in [-0.3, -0.25) is 4.68 Å². The summed E-state index contributed by atoms with van der Waals surface area (Å²) in [6.45, 7) is 7.97. The number of nitrogens with zero attached hydrogens (tertiary/aromatic N) is 8. The Bertz CT molecular complexity index is 1260. The third-order valence-electron chi connectivity index (χ3n) is 6.17. The van der Waals surface area contributed by atoms with Crippen LogP contribution in [-0.2, 0) is 4.74 Å². The Balaban J connectivity index is 1.49. The number of hydrogen-bond donors (Lipinski definition) is 1. The molecule has 0 amide bonds. The minimum absolute atomic E-state index is 0.0937. The van der Waals surface area contributed by atoms with Crippen LogP contribution in [0.15, 0.2) is 49.1 Å². The molecule has 10 heteroatoms. The standard InChI is InChI=1S/C25H33N9O/c1-18(2)33-17-26-22-23(29-25(30-24(22)33)32-10-12-35-13-11-32)28-20-14-27-34(15-20)21(16-31(3)4)19-8-6-5-7-9-19/h5-9,14-15,17-18,21H,10-13,16H2,1-4H3,(H,28,29,30)/t21-/m1/s1.